The fourth-order valence-electron chi connectivity index (χ4n) is 3.34. The molecule has 2 aliphatic rings. The van der Waals surface area contributed by atoms with Crippen molar-refractivity contribution in [2.45, 2.75) is 18.9 Å². The minimum Gasteiger partial charge on any atom is -0.405 e. The maximum Gasteiger partial charge on any atom is 0.420 e. The number of benzene rings is 1. The van der Waals surface area contributed by atoms with E-state index in [1.165, 1.54) is 6.07 Å². The molecule has 0 bridgehead atoms. The zero-order valence-corrected chi connectivity index (χ0v) is 13.0. The highest BCUT2D eigenvalue weighted by Crippen LogP contribution is 2.34. The van der Waals surface area contributed by atoms with Gasteiger partial charge < -0.3 is 14.1 Å². The van der Waals surface area contributed by atoms with Crippen LogP contribution in [-0.2, 0) is 14.4 Å². The quantitative estimate of drug-likeness (QED) is 0.635. The first kappa shape index (κ1) is 15.6. The number of anilines is 1. The summed E-state index contributed by atoms with van der Waals surface area (Å²) in [6, 6.07) is 1.44. The van der Waals surface area contributed by atoms with Gasteiger partial charge in [0, 0.05) is 37.6 Å². The first-order chi connectivity index (χ1) is 12.0. The third kappa shape index (κ3) is 2.43. The van der Waals surface area contributed by atoms with Crippen molar-refractivity contribution in [1.82, 2.24) is 9.88 Å². The number of nitrogens with one attached hydrogen (secondary N) is 1. The fourth-order valence-corrected chi connectivity index (χ4v) is 3.34. The lowest BCUT2D eigenvalue weighted by atomic mass is 10.0. The SMILES string of the molecule is O=CC1CN(c2cc(F)cc3c2oc(=O)n3C2CCC(=O)NC2=O)C1. The summed E-state index contributed by atoms with van der Waals surface area (Å²) in [7, 11) is 0. The highest BCUT2D eigenvalue weighted by molar-refractivity contribution is 6.00. The Labute approximate surface area is 140 Å². The van der Waals surface area contributed by atoms with E-state index in [0.717, 1.165) is 16.9 Å². The molecule has 2 aromatic rings. The van der Waals surface area contributed by atoms with Crippen LogP contribution in [0.2, 0.25) is 0 Å². The number of amides is 2. The largest absolute Gasteiger partial charge is 0.420 e. The Morgan fingerprint density at radius 1 is 1.24 bits per heavy atom. The molecule has 3 heterocycles. The molecule has 25 heavy (non-hydrogen) atoms. The Balaban J connectivity index is 1.82. The maximum absolute atomic E-state index is 14.1. The fraction of sp³-hybridized carbons (Fsp3) is 0.375. The molecule has 0 aliphatic carbocycles. The number of fused-ring (bicyclic) bond motifs is 1. The number of oxazole rings is 1. The van der Waals surface area contributed by atoms with Crippen molar-refractivity contribution < 1.29 is 23.2 Å². The van der Waals surface area contributed by atoms with Gasteiger partial charge in [-0.1, -0.05) is 0 Å². The van der Waals surface area contributed by atoms with E-state index in [1.807, 2.05) is 0 Å². The third-order valence-electron chi connectivity index (χ3n) is 4.62. The smallest absolute Gasteiger partial charge is 0.405 e. The summed E-state index contributed by atoms with van der Waals surface area (Å²) in [5, 5.41) is 2.18. The molecule has 0 radical (unpaired) electrons. The highest BCUT2D eigenvalue weighted by atomic mass is 19.1. The van der Waals surface area contributed by atoms with Gasteiger partial charge in [-0.3, -0.25) is 19.5 Å². The van der Waals surface area contributed by atoms with Gasteiger partial charge in [0.1, 0.15) is 18.1 Å². The second kappa shape index (κ2) is 5.54. The van der Waals surface area contributed by atoms with Crippen LogP contribution >= 0.6 is 0 Å². The molecular formula is C16H14FN3O5. The van der Waals surface area contributed by atoms with Crippen LogP contribution in [0, 0.1) is 11.7 Å². The number of hydrogen-bond donors (Lipinski definition) is 1. The van der Waals surface area contributed by atoms with Crippen molar-refractivity contribution in [1.29, 1.82) is 0 Å². The molecule has 1 unspecified atom stereocenters. The van der Waals surface area contributed by atoms with Gasteiger partial charge in [0.15, 0.2) is 5.58 Å². The van der Waals surface area contributed by atoms with E-state index in [4.69, 9.17) is 4.42 Å². The third-order valence-corrected chi connectivity index (χ3v) is 4.62. The predicted octanol–water partition coefficient (Wildman–Crippen LogP) is 0.346. The number of carbonyl (C=O) groups is 3. The lowest BCUT2D eigenvalue weighted by molar-refractivity contribution is -0.135. The van der Waals surface area contributed by atoms with E-state index in [9.17, 15) is 23.6 Å². The molecule has 2 amide bonds. The van der Waals surface area contributed by atoms with Gasteiger partial charge in [-0.2, -0.15) is 0 Å². The van der Waals surface area contributed by atoms with Crippen molar-refractivity contribution in [3.05, 3.63) is 28.5 Å². The van der Waals surface area contributed by atoms with E-state index >= 15 is 0 Å². The van der Waals surface area contributed by atoms with Crippen LogP contribution in [0.4, 0.5) is 10.1 Å². The van der Waals surface area contributed by atoms with Crippen molar-refractivity contribution in [3.63, 3.8) is 0 Å². The van der Waals surface area contributed by atoms with Crippen LogP contribution in [0.15, 0.2) is 21.3 Å². The Morgan fingerprint density at radius 3 is 2.68 bits per heavy atom. The summed E-state index contributed by atoms with van der Waals surface area (Å²) < 4.78 is 20.5. The van der Waals surface area contributed by atoms with E-state index < -0.39 is 29.4 Å². The van der Waals surface area contributed by atoms with Crippen molar-refractivity contribution in [3.8, 4) is 0 Å². The Hall–Kier alpha value is -2.97. The molecule has 0 spiro atoms. The molecule has 1 atom stereocenters. The minimum absolute atomic E-state index is 0.0881. The van der Waals surface area contributed by atoms with Crippen molar-refractivity contribution in [2.75, 3.05) is 18.0 Å². The van der Waals surface area contributed by atoms with Gasteiger partial charge in [-0.05, 0) is 6.42 Å². The van der Waals surface area contributed by atoms with Crippen LogP contribution in [0.25, 0.3) is 11.1 Å². The number of imide groups is 1. The molecule has 130 valence electrons. The first-order valence-corrected chi connectivity index (χ1v) is 7.86. The number of carbonyl (C=O) groups excluding carboxylic acids is 3. The molecule has 1 aromatic heterocycles. The number of aromatic nitrogens is 1. The van der Waals surface area contributed by atoms with Gasteiger partial charge in [0.25, 0.3) is 0 Å². The average Bonchev–Trinajstić information content (AvgIpc) is 2.83. The molecule has 8 nitrogen and oxygen atoms in total. The number of hydrogen-bond acceptors (Lipinski definition) is 6. The van der Waals surface area contributed by atoms with E-state index in [1.54, 1.807) is 4.90 Å². The zero-order valence-electron chi connectivity index (χ0n) is 13.0. The average molecular weight is 347 g/mol. The summed E-state index contributed by atoms with van der Waals surface area (Å²) in [5.41, 5.74) is 0.695. The molecule has 4 rings (SSSR count). The highest BCUT2D eigenvalue weighted by Gasteiger charge is 2.34. The monoisotopic (exact) mass is 347 g/mol. The van der Waals surface area contributed by atoms with Crippen LogP contribution < -0.4 is 16.0 Å². The number of nitrogens with zero attached hydrogens (tertiary/aromatic N) is 2. The molecule has 2 saturated heterocycles. The Morgan fingerprint density at radius 2 is 2.00 bits per heavy atom. The van der Waals surface area contributed by atoms with Gasteiger partial charge >= 0.3 is 5.76 Å². The van der Waals surface area contributed by atoms with E-state index in [0.29, 0.717) is 18.8 Å². The minimum atomic E-state index is -0.930. The maximum atomic E-state index is 14.1. The number of aldehydes is 1. The topological polar surface area (TPSA) is 102 Å². The molecule has 1 N–H and O–H groups in total. The van der Waals surface area contributed by atoms with Gasteiger partial charge in [-0.25, -0.2) is 9.18 Å². The molecule has 2 fully saturated rings. The molecular weight excluding hydrogens is 333 g/mol. The Kier molecular flexibility index (Phi) is 3.45. The first-order valence-electron chi connectivity index (χ1n) is 7.86. The van der Waals surface area contributed by atoms with Crippen molar-refractivity contribution >= 4 is 34.9 Å². The van der Waals surface area contributed by atoms with E-state index in [2.05, 4.69) is 5.32 Å². The molecule has 9 heteroatoms. The van der Waals surface area contributed by atoms with Gasteiger partial charge in [-0.15, -0.1) is 0 Å². The normalized spacial score (nSPS) is 21.3. The summed E-state index contributed by atoms with van der Waals surface area (Å²) >= 11 is 0. The number of rotatable bonds is 3. The summed E-state index contributed by atoms with van der Waals surface area (Å²) in [5.74, 6) is -2.53. The second-order valence-corrected chi connectivity index (χ2v) is 6.28. The van der Waals surface area contributed by atoms with Crippen LogP contribution in [-0.4, -0.2) is 35.8 Å². The second-order valence-electron chi connectivity index (χ2n) is 6.28. The lowest BCUT2D eigenvalue weighted by Crippen LogP contribution is -2.47. The predicted molar refractivity (Wildman–Crippen MR) is 83.6 cm³/mol. The van der Waals surface area contributed by atoms with Crippen molar-refractivity contribution in [2.24, 2.45) is 5.92 Å². The summed E-state index contributed by atoms with van der Waals surface area (Å²) in [6.07, 6.45) is 1.06. The summed E-state index contributed by atoms with van der Waals surface area (Å²) in [4.78, 5) is 48.2. The summed E-state index contributed by atoms with van der Waals surface area (Å²) in [6.45, 7) is 0.824. The van der Waals surface area contributed by atoms with E-state index in [-0.39, 0.29) is 29.9 Å². The number of halogens is 1. The van der Waals surface area contributed by atoms with Gasteiger partial charge in [0.2, 0.25) is 11.8 Å². The van der Waals surface area contributed by atoms with Crippen LogP contribution in [0.5, 0.6) is 0 Å². The van der Waals surface area contributed by atoms with Crippen LogP contribution in [0.3, 0.4) is 0 Å². The van der Waals surface area contributed by atoms with Gasteiger partial charge in [0.05, 0.1) is 11.2 Å². The molecule has 1 aromatic carbocycles. The standard InChI is InChI=1S/C16H14FN3O5/c17-9-3-11(19-5-8(6-19)7-21)14-12(4-9)20(16(24)25-14)10-1-2-13(22)18-15(10)23/h3-4,7-8,10H,1-2,5-6H2,(H,18,22,23). The zero-order chi connectivity index (χ0) is 17.7. The van der Waals surface area contributed by atoms with Crippen LogP contribution in [0.1, 0.15) is 18.9 Å². The molecule has 2 aliphatic heterocycles. The Bertz CT molecular complexity index is 957. The lowest BCUT2D eigenvalue weighted by Gasteiger charge is -2.37. The molecule has 0 saturated carbocycles. The number of piperidine rings is 1.